The number of amides is 1. The first-order valence-electron chi connectivity index (χ1n) is 7.77. The van der Waals surface area contributed by atoms with Crippen molar-refractivity contribution in [3.8, 4) is 5.75 Å². The minimum Gasteiger partial charge on any atom is -0.505 e. The van der Waals surface area contributed by atoms with E-state index in [1.807, 2.05) is 18.2 Å². The van der Waals surface area contributed by atoms with Crippen LogP contribution in [0.2, 0.25) is 0 Å². The second-order valence-electron chi connectivity index (χ2n) is 6.08. The van der Waals surface area contributed by atoms with Gasteiger partial charge in [0.2, 0.25) is 5.91 Å². The first kappa shape index (κ1) is 14.9. The lowest BCUT2D eigenvalue weighted by Gasteiger charge is -2.14. The molecule has 2 unspecified atom stereocenters. The predicted molar refractivity (Wildman–Crippen MR) is 87.9 cm³/mol. The Morgan fingerprint density at radius 1 is 1.17 bits per heavy atom. The molecule has 6 nitrogen and oxygen atoms in total. The predicted octanol–water partition coefficient (Wildman–Crippen LogP) is 2.00. The summed E-state index contributed by atoms with van der Waals surface area (Å²) < 4.78 is 13.5. The van der Waals surface area contributed by atoms with Crippen molar-refractivity contribution < 1.29 is 14.3 Å². The molecule has 2 atom stereocenters. The molecule has 1 saturated heterocycles. The summed E-state index contributed by atoms with van der Waals surface area (Å²) in [6, 6.07) is 10.1. The fourth-order valence-electron chi connectivity index (χ4n) is 3.13. The van der Waals surface area contributed by atoms with Gasteiger partial charge >= 0.3 is 0 Å². The SMILES string of the molecule is O=C1Cc2cc(NC3CC(c4ccc(O)c(F)c4)NN3)ccc2N1. The number of fused-ring (bicyclic) bond motifs is 1. The molecule has 1 fully saturated rings. The Kier molecular flexibility index (Phi) is 3.59. The normalized spacial score (nSPS) is 22.3. The summed E-state index contributed by atoms with van der Waals surface area (Å²) in [4.78, 5) is 11.4. The van der Waals surface area contributed by atoms with Gasteiger partial charge in [-0.1, -0.05) is 6.07 Å². The highest BCUT2D eigenvalue weighted by Gasteiger charge is 2.26. The van der Waals surface area contributed by atoms with Crippen LogP contribution in [0.5, 0.6) is 5.75 Å². The zero-order valence-electron chi connectivity index (χ0n) is 12.8. The number of carbonyl (C=O) groups excluding carboxylic acids is 1. The monoisotopic (exact) mass is 328 g/mol. The molecule has 2 aromatic carbocycles. The van der Waals surface area contributed by atoms with Gasteiger partial charge in [-0.2, -0.15) is 0 Å². The minimum atomic E-state index is -0.624. The lowest BCUT2D eigenvalue weighted by Crippen LogP contribution is -2.35. The number of hydrogen-bond donors (Lipinski definition) is 5. The van der Waals surface area contributed by atoms with E-state index in [1.165, 1.54) is 12.1 Å². The van der Waals surface area contributed by atoms with Gasteiger partial charge in [-0.25, -0.2) is 15.2 Å². The standard InChI is InChI=1S/C17H17FN4O2/c18-12-6-9(1-4-15(12)23)14-8-16(22-21-14)19-11-2-3-13-10(5-11)7-17(24)20-13/h1-6,14,16,19,21-23H,7-8H2,(H,20,24). The molecule has 2 heterocycles. The van der Waals surface area contributed by atoms with E-state index >= 15 is 0 Å². The van der Waals surface area contributed by atoms with Crippen molar-refractivity contribution >= 4 is 17.3 Å². The molecule has 24 heavy (non-hydrogen) atoms. The van der Waals surface area contributed by atoms with Crippen molar-refractivity contribution in [3.63, 3.8) is 0 Å². The van der Waals surface area contributed by atoms with Crippen LogP contribution in [-0.2, 0) is 11.2 Å². The first-order chi connectivity index (χ1) is 11.6. The molecule has 0 radical (unpaired) electrons. The Labute approximate surface area is 138 Å². The van der Waals surface area contributed by atoms with Gasteiger partial charge in [-0.15, -0.1) is 0 Å². The second kappa shape index (κ2) is 5.77. The number of hydrazine groups is 1. The number of aromatic hydroxyl groups is 1. The fraction of sp³-hybridized carbons (Fsp3) is 0.235. The maximum Gasteiger partial charge on any atom is 0.228 e. The lowest BCUT2D eigenvalue weighted by atomic mass is 10.0. The largest absolute Gasteiger partial charge is 0.505 e. The quantitative estimate of drug-likeness (QED) is 0.595. The molecule has 5 N–H and O–H groups in total. The second-order valence-corrected chi connectivity index (χ2v) is 6.08. The van der Waals surface area contributed by atoms with Crippen LogP contribution in [0.15, 0.2) is 36.4 Å². The number of phenols is 1. The van der Waals surface area contributed by atoms with Crippen molar-refractivity contribution in [2.75, 3.05) is 10.6 Å². The number of carbonyl (C=O) groups is 1. The Balaban J connectivity index is 1.43. The molecular weight excluding hydrogens is 311 g/mol. The van der Waals surface area contributed by atoms with Gasteiger partial charge in [0.1, 0.15) is 0 Å². The van der Waals surface area contributed by atoms with Gasteiger partial charge < -0.3 is 15.7 Å². The van der Waals surface area contributed by atoms with Crippen LogP contribution < -0.4 is 21.5 Å². The topological polar surface area (TPSA) is 85.4 Å². The van der Waals surface area contributed by atoms with Crippen LogP contribution in [-0.4, -0.2) is 17.2 Å². The van der Waals surface area contributed by atoms with Crippen molar-refractivity contribution in [1.29, 1.82) is 0 Å². The van der Waals surface area contributed by atoms with E-state index in [0.29, 0.717) is 12.8 Å². The molecular formula is C17H17FN4O2. The minimum absolute atomic E-state index is 0.0113. The summed E-state index contributed by atoms with van der Waals surface area (Å²) in [6.45, 7) is 0. The Hall–Kier alpha value is -2.64. The van der Waals surface area contributed by atoms with E-state index in [9.17, 15) is 14.3 Å². The third-order valence-electron chi connectivity index (χ3n) is 4.35. The molecule has 124 valence electrons. The molecule has 7 heteroatoms. The van der Waals surface area contributed by atoms with Crippen LogP contribution in [0.25, 0.3) is 0 Å². The molecule has 2 aromatic rings. The number of halogens is 1. The van der Waals surface area contributed by atoms with E-state index in [2.05, 4.69) is 21.5 Å². The van der Waals surface area contributed by atoms with Crippen LogP contribution in [0.4, 0.5) is 15.8 Å². The molecule has 4 rings (SSSR count). The van der Waals surface area contributed by atoms with Gasteiger partial charge in [-0.05, 0) is 41.5 Å². The number of hydrogen-bond acceptors (Lipinski definition) is 5. The highest BCUT2D eigenvalue weighted by molar-refractivity contribution is 5.99. The van der Waals surface area contributed by atoms with Crippen LogP contribution in [0.1, 0.15) is 23.6 Å². The number of anilines is 2. The fourth-order valence-corrected chi connectivity index (χ4v) is 3.13. The van der Waals surface area contributed by atoms with Gasteiger partial charge in [-0.3, -0.25) is 4.79 Å². The van der Waals surface area contributed by atoms with Crippen LogP contribution in [0.3, 0.4) is 0 Å². The first-order valence-corrected chi connectivity index (χ1v) is 7.77. The average molecular weight is 328 g/mol. The van der Waals surface area contributed by atoms with Crippen LogP contribution >= 0.6 is 0 Å². The number of phenolic OH excluding ortho intramolecular Hbond substituents is 1. The van der Waals surface area contributed by atoms with E-state index in [0.717, 1.165) is 22.5 Å². The highest BCUT2D eigenvalue weighted by atomic mass is 19.1. The highest BCUT2D eigenvalue weighted by Crippen LogP contribution is 2.29. The van der Waals surface area contributed by atoms with Gasteiger partial charge in [0, 0.05) is 23.8 Å². The van der Waals surface area contributed by atoms with Gasteiger partial charge in [0.25, 0.3) is 0 Å². The summed E-state index contributed by atoms with van der Waals surface area (Å²) in [5.41, 5.74) is 9.79. The third-order valence-corrected chi connectivity index (χ3v) is 4.35. The lowest BCUT2D eigenvalue weighted by molar-refractivity contribution is -0.115. The van der Waals surface area contributed by atoms with E-state index < -0.39 is 5.82 Å². The number of nitrogens with one attached hydrogen (secondary N) is 4. The third kappa shape index (κ3) is 2.79. The molecule has 0 bridgehead atoms. The molecule has 0 saturated carbocycles. The van der Waals surface area contributed by atoms with E-state index in [1.54, 1.807) is 6.07 Å². The zero-order chi connectivity index (χ0) is 16.7. The Morgan fingerprint density at radius 2 is 2.04 bits per heavy atom. The average Bonchev–Trinajstić information content (AvgIpc) is 3.15. The van der Waals surface area contributed by atoms with Crippen molar-refractivity contribution in [1.82, 2.24) is 10.9 Å². The molecule has 1 amide bonds. The summed E-state index contributed by atoms with van der Waals surface area (Å²) >= 11 is 0. The van der Waals surface area contributed by atoms with Gasteiger partial charge in [0.05, 0.1) is 12.6 Å². The Bertz CT molecular complexity index is 811. The zero-order valence-corrected chi connectivity index (χ0v) is 12.8. The summed E-state index contributed by atoms with van der Waals surface area (Å²) in [7, 11) is 0. The molecule has 2 aliphatic heterocycles. The molecule has 0 spiro atoms. The number of rotatable bonds is 3. The summed E-state index contributed by atoms with van der Waals surface area (Å²) in [5, 5.41) is 15.4. The van der Waals surface area contributed by atoms with Crippen molar-refractivity contribution in [2.45, 2.75) is 25.0 Å². The Morgan fingerprint density at radius 3 is 2.88 bits per heavy atom. The van der Waals surface area contributed by atoms with E-state index in [4.69, 9.17) is 0 Å². The maximum atomic E-state index is 13.5. The molecule has 0 aromatic heterocycles. The summed E-state index contributed by atoms with van der Waals surface area (Å²) in [5.74, 6) is -0.959. The number of benzene rings is 2. The smallest absolute Gasteiger partial charge is 0.228 e. The molecule has 2 aliphatic rings. The van der Waals surface area contributed by atoms with Crippen molar-refractivity contribution in [2.24, 2.45) is 0 Å². The maximum absolute atomic E-state index is 13.5. The van der Waals surface area contributed by atoms with Gasteiger partial charge in [0.15, 0.2) is 11.6 Å². The molecule has 0 aliphatic carbocycles. The van der Waals surface area contributed by atoms with Crippen molar-refractivity contribution in [3.05, 3.63) is 53.3 Å². The van der Waals surface area contributed by atoms with Crippen LogP contribution in [0, 0.1) is 5.82 Å². The summed E-state index contributed by atoms with van der Waals surface area (Å²) in [6.07, 6.45) is 1.07. The van der Waals surface area contributed by atoms with E-state index in [-0.39, 0.29) is 23.9 Å².